The molecule has 0 unspecified atom stereocenters. The van der Waals surface area contributed by atoms with E-state index in [0.29, 0.717) is 28.5 Å². The summed E-state index contributed by atoms with van der Waals surface area (Å²) in [6.45, 7) is 0.470. The standard InChI is InChI=1S/C31H22ClN3O/c32-26-18-10-17-25(19-26)31(36)34-30-27(20-33)28(23-13-6-2-7-14-23)29(24-15-8-3-9-16-24)35(30)21-22-11-4-1-5-12-22/h1-19H,21H2,(H,34,36). The third-order valence-electron chi connectivity index (χ3n) is 5.99. The van der Waals surface area contributed by atoms with E-state index in [-0.39, 0.29) is 5.91 Å². The minimum absolute atomic E-state index is 0.333. The van der Waals surface area contributed by atoms with Crippen LogP contribution in [0.25, 0.3) is 22.4 Å². The molecule has 0 aliphatic carbocycles. The van der Waals surface area contributed by atoms with E-state index in [1.54, 1.807) is 24.3 Å². The Labute approximate surface area is 215 Å². The first-order valence-corrected chi connectivity index (χ1v) is 11.9. The lowest BCUT2D eigenvalue weighted by Gasteiger charge is -2.16. The summed E-state index contributed by atoms with van der Waals surface area (Å²) in [6.07, 6.45) is 0. The quantitative estimate of drug-likeness (QED) is 0.267. The van der Waals surface area contributed by atoms with Crippen molar-refractivity contribution in [1.82, 2.24) is 4.57 Å². The molecule has 0 bridgehead atoms. The number of anilines is 1. The molecule has 174 valence electrons. The summed E-state index contributed by atoms with van der Waals surface area (Å²) in [7, 11) is 0. The van der Waals surface area contributed by atoms with Crippen LogP contribution in [0, 0.1) is 11.3 Å². The number of carbonyl (C=O) groups is 1. The number of rotatable bonds is 6. The molecule has 1 amide bonds. The van der Waals surface area contributed by atoms with Crippen molar-refractivity contribution >= 4 is 23.3 Å². The molecular weight excluding hydrogens is 466 g/mol. The highest BCUT2D eigenvalue weighted by atomic mass is 35.5. The van der Waals surface area contributed by atoms with Crippen molar-refractivity contribution in [3.8, 4) is 28.5 Å². The largest absolute Gasteiger partial charge is 0.321 e. The number of nitrogens with one attached hydrogen (secondary N) is 1. The molecule has 0 saturated carbocycles. The summed E-state index contributed by atoms with van der Waals surface area (Å²) >= 11 is 6.14. The summed E-state index contributed by atoms with van der Waals surface area (Å²) in [6, 6.07) is 38.9. The highest BCUT2D eigenvalue weighted by molar-refractivity contribution is 6.31. The number of nitrogens with zero attached hydrogens (tertiary/aromatic N) is 2. The average molecular weight is 488 g/mol. The molecule has 1 heterocycles. The first-order chi connectivity index (χ1) is 17.7. The maximum atomic E-state index is 13.3. The number of hydrogen-bond acceptors (Lipinski definition) is 2. The predicted octanol–water partition coefficient (Wildman–Crippen LogP) is 7.65. The third-order valence-corrected chi connectivity index (χ3v) is 6.22. The molecule has 0 aliphatic heterocycles. The molecule has 0 aliphatic rings. The second-order valence-corrected chi connectivity index (χ2v) is 8.76. The molecule has 0 saturated heterocycles. The Kier molecular flexibility index (Phi) is 6.66. The van der Waals surface area contributed by atoms with Crippen LogP contribution in [-0.2, 0) is 6.54 Å². The number of halogens is 1. The topological polar surface area (TPSA) is 57.8 Å². The van der Waals surface area contributed by atoms with Gasteiger partial charge in [-0.3, -0.25) is 4.79 Å². The van der Waals surface area contributed by atoms with Crippen molar-refractivity contribution in [3.63, 3.8) is 0 Å². The average Bonchev–Trinajstić information content (AvgIpc) is 3.22. The number of benzene rings is 4. The summed E-state index contributed by atoms with van der Waals surface area (Å²) in [4.78, 5) is 13.3. The lowest BCUT2D eigenvalue weighted by Crippen LogP contribution is -2.17. The van der Waals surface area contributed by atoms with Crippen molar-refractivity contribution in [2.75, 3.05) is 5.32 Å². The maximum Gasteiger partial charge on any atom is 0.256 e. The van der Waals surface area contributed by atoms with Gasteiger partial charge in [0.1, 0.15) is 17.5 Å². The summed E-state index contributed by atoms with van der Waals surface area (Å²) in [5.74, 6) is 0.115. The minimum Gasteiger partial charge on any atom is -0.321 e. The van der Waals surface area contributed by atoms with Gasteiger partial charge in [0.05, 0.1) is 5.69 Å². The van der Waals surface area contributed by atoms with E-state index in [2.05, 4.69) is 11.4 Å². The number of hydrogen-bond donors (Lipinski definition) is 1. The fourth-order valence-corrected chi connectivity index (χ4v) is 4.56. The van der Waals surface area contributed by atoms with Gasteiger partial charge in [-0.1, -0.05) is 109 Å². The molecule has 4 nitrogen and oxygen atoms in total. The van der Waals surface area contributed by atoms with Gasteiger partial charge in [0.15, 0.2) is 0 Å². The number of carbonyl (C=O) groups excluding carboxylic acids is 1. The first kappa shape index (κ1) is 23.2. The highest BCUT2D eigenvalue weighted by Crippen LogP contribution is 2.42. The highest BCUT2D eigenvalue weighted by Gasteiger charge is 2.26. The lowest BCUT2D eigenvalue weighted by molar-refractivity contribution is 0.102. The second-order valence-electron chi connectivity index (χ2n) is 8.33. The van der Waals surface area contributed by atoms with Crippen molar-refractivity contribution in [2.24, 2.45) is 0 Å². The zero-order valence-electron chi connectivity index (χ0n) is 19.4. The van der Waals surface area contributed by atoms with Crippen LogP contribution < -0.4 is 5.32 Å². The van der Waals surface area contributed by atoms with Gasteiger partial charge < -0.3 is 9.88 Å². The van der Waals surface area contributed by atoms with Gasteiger partial charge in [-0.25, -0.2) is 0 Å². The minimum atomic E-state index is -0.333. The zero-order chi connectivity index (χ0) is 24.9. The van der Waals surface area contributed by atoms with E-state index in [0.717, 1.165) is 27.9 Å². The fraction of sp³-hybridized carbons (Fsp3) is 0.0323. The lowest BCUT2D eigenvalue weighted by atomic mass is 9.98. The van der Waals surface area contributed by atoms with Gasteiger partial charge in [0, 0.05) is 22.7 Å². The van der Waals surface area contributed by atoms with Crippen LogP contribution in [0.15, 0.2) is 115 Å². The zero-order valence-corrected chi connectivity index (χ0v) is 20.1. The molecule has 0 fully saturated rings. The molecule has 0 atom stereocenters. The molecule has 5 heteroatoms. The number of amides is 1. The Bertz CT molecular complexity index is 1550. The Morgan fingerprint density at radius 1 is 0.806 bits per heavy atom. The molecule has 0 spiro atoms. The second kappa shape index (κ2) is 10.4. The molecule has 1 aromatic heterocycles. The number of nitriles is 1. The monoisotopic (exact) mass is 487 g/mol. The molecule has 4 aromatic carbocycles. The molecule has 36 heavy (non-hydrogen) atoms. The maximum absolute atomic E-state index is 13.3. The van der Waals surface area contributed by atoms with E-state index >= 15 is 0 Å². The van der Waals surface area contributed by atoms with Gasteiger partial charge in [0.2, 0.25) is 0 Å². The van der Waals surface area contributed by atoms with Crippen LogP contribution in [0.1, 0.15) is 21.5 Å². The summed E-state index contributed by atoms with van der Waals surface area (Å²) < 4.78 is 2.02. The van der Waals surface area contributed by atoms with Gasteiger partial charge in [0.25, 0.3) is 5.91 Å². The van der Waals surface area contributed by atoms with Crippen molar-refractivity contribution in [1.29, 1.82) is 5.26 Å². The molecule has 5 rings (SSSR count). The van der Waals surface area contributed by atoms with Gasteiger partial charge >= 0.3 is 0 Å². The normalized spacial score (nSPS) is 10.6. The Morgan fingerprint density at radius 2 is 1.42 bits per heavy atom. The molecule has 1 N–H and O–H groups in total. The van der Waals surface area contributed by atoms with Crippen LogP contribution in [0.3, 0.4) is 0 Å². The fourth-order valence-electron chi connectivity index (χ4n) is 4.37. The smallest absolute Gasteiger partial charge is 0.256 e. The van der Waals surface area contributed by atoms with E-state index in [1.807, 2.05) is 95.6 Å². The van der Waals surface area contributed by atoms with Gasteiger partial charge in [-0.05, 0) is 34.9 Å². The van der Waals surface area contributed by atoms with E-state index in [9.17, 15) is 10.1 Å². The Balaban J connectivity index is 1.77. The SMILES string of the molecule is N#Cc1c(-c2ccccc2)c(-c2ccccc2)n(Cc2ccccc2)c1NC(=O)c1cccc(Cl)c1. The summed E-state index contributed by atoms with van der Waals surface area (Å²) in [5.41, 5.74) is 5.37. The van der Waals surface area contributed by atoms with Crippen LogP contribution in [0.2, 0.25) is 5.02 Å². The van der Waals surface area contributed by atoms with Crippen LogP contribution in [-0.4, -0.2) is 10.5 Å². The number of aromatic nitrogens is 1. The molecular formula is C31H22ClN3O. The predicted molar refractivity (Wildman–Crippen MR) is 145 cm³/mol. The van der Waals surface area contributed by atoms with Crippen molar-refractivity contribution < 1.29 is 4.79 Å². The van der Waals surface area contributed by atoms with Crippen molar-refractivity contribution in [2.45, 2.75) is 6.54 Å². The molecule has 5 aromatic rings. The van der Waals surface area contributed by atoms with Crippen molar-refractivity contribution in [3.05, 3.63) is 137 Å². The van der Waals surface area contributed by atoms with Crippen LogP contribution in [0.5, 0.6) is 0 Å². The van der Waals surface area contributed by atoms with Gasteiger partial charge in [-0.15, -0.1) is 0 Å². The molecule has 0 radical (unpaired) electrons. The van der Waals surface area contributed by atoms with E-state index in [1.165, 1.54) is 0 Å². The van der Waals surface area contributed by atoms with Crippen LogP contribution >= 0.6 is 11.6 Å². The summed E-state index contributed by atoms with van der Waals surface area (Å²) in [5, 5.41) is 13.9. The van der Waals surface area contributed by atoms with E-state index < -0.39 is 0 Å². The third kappa shape index (κ3) is 4.65. The van der Waals surface area contributed by atoms with Gasteiger partial charge in [-0.2, -0.15) is 5.26 Å². The van der Waals surface area contributed by atoms with Crippen LogP contribution in [0.4, 0.5) is 5.82 Å². The first-order valence-electron chi connectivity index (χ1n) is 11.5. The Morgan fingerprint density at radius 3 is 2.03 bits per heavy atom. The van der Waals surface area contributed by atoms with E-state index in [4.69, 9.17) is 11.6 Å². The Hall–Kier alpha value is -4.59.